The number of nitriles is 1. The lowest BCUT2D eigenvalue weighted by atomic mass is 9.87. The zero-order valence-electron chi connectivity index (χ0n) is 11.6. The Hall–Kier alpha value is -1.47. The van der Waals surface area contributed by atoms with Crippen molar-refractivity contribution in [3.63, 3.8) is 0 Å². The van der Waals surface area contributed by atoms with E-state index < -0.39 is 11.6 Å². The molecule has 0 saturated heterocycles. The summed E-state index contributed by atoms with van der Waals surface area (Å²) in [5.41, 5.74) is 0.282. The van der Waals surface area contributed by atoms with Gasteiger partial charge in [0.15, 0.2) is 0 Å². The minimum Gasteiger partial charge on any atom is -0.310 e. The molecule has 1 atom stereocenters. The van der Waals surface area contributed by atoms with E-state index >= 15 is 0 Å². The number of nitrogens with one attached hydrogen (secondary N) is 1. The van der Waals surface area contributed by atoms with Gasteiger partial charge in [-0.15, -0.1) is 0 Å². The third-order valence-corrected chi connectivity index (χ3v) is 3.22. The Kier molecular flexibility index (Phi) is 5.44. The Morgan fingerprint density at radius 3 is 2.68 bits per heavy atom. The second-order valence-electron chi connectivity index (χ2n) is 5.59. The Morgan fingerprint density at radius 1 is 1.37 bits per heavy atom. The summed E-state index contributed by atoms with van der Waals surface area (Å²) in [7, 11) is 0. The molecule has 19 heavy (non-hydrogen) atoms. The molecule has 1 rings (SSSR count). The normalized spacial score (nSPS) is 13.1. The third kappa shape index (κ3) is 4.96. The first kappa shape index (κ1) is 15.6. The Bertz CT molecular complexity index is 464. The Labute approximate surface area is 113 Å². The molecule has 2 nitrogen and oxygen atoms in total. The number of hydrogen-bond acceptors (Lipinski definition) is 2. The average Bonchev–Trinajstić information content (AvgIpc) is 2.36. The maximum absolute atomic E-state index is 13.6. The maximum Gasteiger partial charge on any atom is 0.128 e. The van der Waals surface area contributed by atoms with Crippen molar-refractivity contribution in [3.8, 4) is 6.07 Å². The predicted molar refractivity (Wildman–Crippen MR) is 71.4 cm³/mol. The SMILES string of the molecule is CC(NCC(C)(C)CCC#N)c1cc(F)ccc1F. The largest absolute Gasteiger partial charge is 0.310 e. The van der Waals surface area contributed by atoms with Gasteiger partial charge in [-0.1, -0.05) is 13.8 Å². The van der Waals surface area contributed by atoms with Gasteiger partial charge in [-0.2, -0.15) is 5.26 Å². The highest BCUT2D eigenvalue weighted by Gasteiger charge is 2.19. The summed E-state index contributed by atoms with van der Waals surface area (Å²) < 4.78 is 26.7. The van der Waals surface area contributed by atoms with Crippen molar-refractivity contribution in [2.45, 2.75) is 39.7 Å². The second kappa shape index (κ2) is 6.63. The average molecular weight is 266 g/mol. The molecule has 0 saturated carbocycles. The number of halogens is 2. The third-order valence-electron chi connectivity index (χ3n) is 3.22. The lowest BCUT2D eigenvalue weighted by Crippen LogP contribution is -2.31. The first-order chi connectivity index (χ1) is 8.85. The standard InChI is InChI=1S/C15H20F2N2/c1-11(13-9-12(16)5-6-14(13)17)19-10-15(2,3)7-4-8-18/h5-6,9,11,19H,4,7,10H2,1-3H3. The fourth-order valence-corrected chi connectivity index (χ4v) is 1.87. The molecule has 1 unspecified atom stereocenters. The highest BCUT2D eigenvalue weighted by molar-refractivity contribution is 5.21. The van der Waals surface area contributed by atoms with Crippen LogP contribution in [0.3, 0.4) is 0 Å². The van der Waals surface area contributed by atoms with Crippen molar-refractivity contribution >= 4 is 0 Å². The molecule has 4 heteroatoms. The number of benzene rings is 1. The van der Waals surface area contributed by atoms with Crippen LogP contribution in [0, 0.1) is 28.4 Å². The molecule has 104 valence electrons. The van der Waals surface area contributed by atoms with E-state index in [1.54, 1.807) is 6.92 Å². The van der Waals surface area contributed by atoms with Gasteiger partial charge in [0.1, 0.15) is 11.6 Å². The summed E-state index contributed by atoms with van der Waals surface area (Å²) in [6.07, 6.45) is 1.27. The van der Waals surface area contributed by atoms with Crippen molar-refractivity contribution in [1.82, 2.24) is 5.32 Å². The van der Waals surface area contributed by atoms with E-state index in [1.165, 1.54) is 6.07 Å². The van der Waals surface area contributed by atoms with Crippen LogP contribution < -0.4 is 5.32 Å². The number of rotatable bonds is 6. The molecule has 0 aliphatic carbocycles. The van der Waals surface area contributed by atoms with Crippen LogP contribution >= 0.6 is 0 Å². The van der Waals surface area contributed by atoms with Gasteiger partial charge in [0.25, 0.3) is 0 Å². The number of nitrogens with zero attached hydrogens (tertiary/aromatic N) is 1. The van der Waals surface area contributed by atoms with Gasteiger partial charge < -0.3 is 5.32 Å². The van der Waals surface area contributed by atoms with Crippen molar-refractivity contribution in [3.05, 3.63) is 35.4 Å². The van der Waals surface area contributed by atoms with E-state index in [0.717, 1.165) is 18.6 Å². The quantitative estimate of drug-likeness (QED) is 0.846. The molecule has 0 aliphatic rings. The van der Waals surface area contributed by atoms with Gasteiger partial charge in [-0.05, 0) is 37.0 Å². The highest BCUT2D eigenvalue weighted by Crippen LogP contribution is 2.23. The summed E-state index contributed by atoms with van der Waals surface area (Å²) in [6.45, 7) is 6.54. The van der Waals surface area contributed by atoms with Crippen molar-refractivity contribution in [1.29, 1.82) is 5.26 Å². The molecule has 1 aromatic rings. The van der Waals surface area contributed by atoms with Crippen LogP contribution in [-0.4, -0.2) is 6.54 Å². The van der Waals surface area contributed by atoms with Crippen molar-refractivity contribution in [2.24, 2.45) is 5.41 Å². The minimum atomic E-state index is -0.436. The molecule has 0 fully saturated rings. The first-order valence-electron chi connectivity index (χ1n) is 6.41. The van der Waals surface area contributed by atoms with Gasteiger partial charge in [0, 0.05) is 24.6 Å². The van der Waals surface area contributed by atoms with Crippen LogP contribution in [0.2, 0.25) is 0 Å². The van der Waals surface area contributed by atoms with Crippen molar-refractivity contribution in [2.75, 3.05) is 6.54 Å². The smallest absolute Gasteiger partial charge is 0.128 e. The van der Waals surface area contributed by atoms with Gasteiger partial charge in [0.2, 0.25) is 0 Å². The summed E-state index contributed by atoms with van der Waals surface area (Å²) in [4.78, 5) is 0. The van der Waals surface area contributed by atoms with E-state index in [4.69, 9.17) is 5.26 Å². The lowest BCUT2D eigenvalue weighted by Gasteiger charge is -2.26. The summed E-state index contributed by atoms with van der Waals surface area (Å²) in [5, 5.41) is 11.8. The van der Waals surface area contributed by atoms with Crippen LogP contribution in [0.15, 0.2) is 18.2 Å². The zero-order chi connectivity index (χ0) is 14.5. The summed E-state index contributed by atoms with van der Waals surface area (Å²) in [5.74, 6) is -0.843. The Morgan fingerprint density at radius 2 is 2.05 bits per heavy atom. The van der Waals surface area contributed by atoms with Crippen LogP contribution in [0.4, 0.5) is 8.78 Å². The van der Waals surface area contributed by atoms with Crippen molar-refractivity contribution < 1.29 is 8.78 Å². The molecule has 0 bridgehead atoms. The lowest BCUT2D eigenvalue weighted by molar-refractivity contribution is 0.303. The fourth-order valence-electron chi connectivity index (χ4n) is 1.87. The molecule has 0 radical (unpaired) electrons. The van der Waals surface area contributed by atoms with Gasteiger partial charge in [-0.3, -0.25) is 0 Å². The van der Waals surface area contributed by atoms with Gasteiger partial charge in [-0.25, -0.2) is 8.78 Å². The monoisotopic (exact) mass is 266 g/mol. The van der Waals surface area contributed by atoms with E-state index in [0.29, 0.717) is 18.5 Å². The topological polar surface area (TPSA) is 35.8 Å². The molecule has 0 heterocycles. The van der Waals surface area contributed by atoms with Crippen LogP contribution in [0.25, 0.3) is 0 Å². The van der Waals surface area contributed by atoms with Crippen LogP contribution in [0.5, 0.6) is 0 Å². The maximum atomic E-state index is 13.6. The molecule has 0 spiro atoms. The fraction of sp³-hybridized carbons (Fsp3) is 0.533. The molecule has 0 aliphatic heterocycles. The molecular formula is C15H20F2N2. The van der Waals surface area contributed by atoms with E-state index in [2.05, 4.69) is 11.4 Å². The number of hydrogen-bond donors (Lipinski definition) is 1. The summed E-state index contributed by atoms with van der Waals surface area (Å²) in [6, 6.07) is 5.33. The molecular weight excluding hydrogens is 246 g/mol. The van der Waals surface area contributed by atoms with E-state index in [9.17, 15) is 8.78 Å². The zero-order valence-corrected chi connectivity index (χ0v) is 11.6. The minimum absolute atomic E-state index is 0.0478. The van der Waals surface area contributed by atoms with Gasteiger partial charge in [0.05, 0.1) is 6.07 Å². The van der Waals surface area contributed by atoms with Crippen LogP contribution in [0.1, 0.15) is 45.2 Å². The predicted octanol–water partition coefficient (Wildman–Crippen LogP) is 3.95. The molecule has 1 aromatic carbocycles. The highest BCUT2D eigenvalue weighted by atomic mass is 19.1. The first-order valence-corrected chi connectivity index (χ1v) is 6.41. The van der Waals surface area contributed by atoms with E-state index in [1.807, 2.05) is 13.8 Å². The summed E-state index contributed by atoms with van der Waals surface area (Å²) >= 11 is 0. The van der Waals surface area contributed by atoms with Crippen LogP contribution in [-0.2, 0) is 0 Å². The molecule has 1 N–H and O–H groups in total. The second-order valence-corrected chi connectivity index (χ2v) is 5.59. The molecule has 0 amide bonds. The Balaban J connectivity index is 2.62. The molecule has 0 aromatic heterocycles. The van der Waals surface area contributed by atoms with E-state index in [-0.39, 0.29) is 11.5 Å². The van der Waals surface area contributed by atoms with Gasteiger partial charge >= 0.3 is 0 Å².